The fourth-order valence-corrected chi connectivity index (χ4v) is 2.51. The monoisotopic (exact) mass is 273 g/mol. The molecule has 20 heavy (non-hydrogen) atoms. The Kier molecular flexibility index (Phi) is 3.56. The molecule has 1 aliphatic carbocycles. The predicted octanol–water partition coefficient (Wildman–Crippen LogP) is 2.23. The maximum atomic E-state index is 12.9. The average molecular weight is 273 g/mol. The number of rotatable bonds is 2. The second-order valence-electron chi connectivity index (χ2n) is 4.89. The van der Waals surface area contributed by atoms with E-state index >= 15 is 0 Å². The first-order valence-corrected chi connectivity index (χ1v) is 6.76. The smallest absolute Gasteiger partial charge is 0.180 e. The number of hydrogen-bond acceptors (Lipinski definition) is 5. The Balaban J connectivity index is 2.08. The lowest BCUT2D eigenvalue weighted by molar-refractivity contribution is 0.621. The lowest BCUT2D eigenvalue weighted by Gasteiger charge is -2.12. The van der Waals surface area contributed by atoms with Crippen molar-refractivity contribution in [3.8, 4) is 11.5 Å². The van der Waals surface area contributed by atoms with Crippen LogP contribution in [0.1, 0.15) is 30.5 Å². The lowest BCUT2D eigenvalue weighted by atomic mass is 10.1. The molecule has 0 atom stereocenters. The molecule has 3 N–H and O–H groups in total. The van der Waals surface area contributed by atoms with Gasteiger partial charge in [0.25, 0.3) is 0 Å². The molecule has 0 aromatic carbocycles. The molecule has 0 aliphatic heterocycles. The number of nitrogens with two attached hydrogens (primary N) is 1. The van der Waals surface area contributed by atoms with Crippen LogP contribution >= 0.6 is 0 Å². The topological polar surface area (TPSA) is 76.7 Å². The SMILES string of the molecule is NNc1nc(-c2ccc(F)cn2)nc2c1CCCCC2. The van der Waals surface area contributed by atoms with Gasteiger partial charge < -0.3 is 5.43 Å². The van der Waals surface area contributed by atoms with Gasteiger partial charge in [-0.25, -0.2) is 25.2 Å². The Morgan fingerprint density at radius 3 is 2.70 bits per heavy atom. The number of fused-ring (bicyclic) bond motifs is 1. The molecule has 0 fully saturated rings. The summed E-state index contributed by atoms with van der Waals surface area (Å²) in [6.07, 6.45) is 6.45. The van der Waals surface area contributed by atoms with Gasteiger partial charge in [0.15, 0.2) is 5.82 Å². The van der Waals surface area contributed by atoms with Crippen LogP contribution in [0.3, 0.4) is 0 Å². The molecule has 0 saturated heterocycles. The number of anilines is 1. The molecule has 104 valence electrons. The molecule has 0 saturated carbocycles. The summed E-state index contributed by atoms with van der Waals surface area (Å²) in [6.45, 7) is 0. The van der Waals surface area contributed by atoms with Crippen molar-refractivity contribution in [2.75, 3.05) is 5.43 Å². The highest BCUT2D eigenvalue weighted by atomic mass is 19.1. The Labute approximate surface area is 116 Å². The van der Waals surface area contributed by atoms with Crippen LogP contribution in [-0.4, -0.2) is 15.0 Å². The third-order valence-corrected chi connectivity index (χ3v) is 3.53. The van der Waals surface area contributed by atoms with Crippen LogP contribution in [0.4, 0.5) is 10.2 Å². The van der Waals surface area contributed by atoms with Crippen LogP contribution in [0.5, 0.6) is 0 Å². The number of halogens is 1. The highest BCUT2D eigenvalue weighted by Crippen LogP contribution is 2.26. The van der Waals surface area contributed by atoms with Crippen molar-refractivity contribution >= 4 is 5.82 Å². The summed E-state index contributed by atoms with van der Waals surface area (Å²) in [5, 5.41) is 0. The third kappa shape index (κ3) is 2.46. The zero-order valence-electron chi connectivity index (χ0n) is 11.1. The summed E-state index contributed by atoms with van der Waals surface area (Å²) in [5.74, 6) is 6.34. The average Bonchev–Trinajstić information content (AvgIpc) is 2.72. The first-order chi connectivity index (χ1) is 9.78. The fraction of sp³-hybridized carbons (Fsp3) is 0.357. The van der Waals surface area contributed by atoms with E-state index in [2.05, 4.69) is 20.4 Å². The number of nitrogens with zero attached hydrogens (tertiary/aromatic N) is 3. The quantitative estimate of drug-likeness (QED) is 0.498. The molecule has 0 unspecified atom stereocenters. The van der Waals surface area contributed by atoms with Crippen molar-refractivity contribution in [3.63, 3.8) is 0 Å². The summed E-state index contributed by atoms with van der Waals surface area (Å²) in [5.41, 5.74) is 5.32. The first kappa shape index (κ1) is 12.9. The van der Waals surface area contributed by atoms with Gasteiger partial charge in [0.05, 0.1) is 6.20 Å². The van der Waals surface area contributed by atoms with Crippen molar-refractivity contribution in [3.05, 3.63) is 35.4 Å². The van der Waals surface area contributed by atoms with Crippen molar-refractivity contribution in [2.24, 2.45) is 5.84 Å². The highest BCUT2D eigenvalue weighted by molar-refractivity contribution is 5.56. The van der Waals surface area contributed by atoms with Crippen molar-refractivity contribution in [2.45, 2.75) is 32.1 Å². The van der Waals surface area contributed by atoms with Crippen molar-refractivity contribution < 1.29 is 4.39 Å². The van der Waals surface area contributed by atoms with Gasteiger partial charge in [0.1, 0.15) is 17.3 Å². The van der Waals surface area contributed by atoms with E-state index in [4.69, 9.17) is 5.84 Å². The number of aryl methyl sites for hydroxylation is 1. The number of hydrogen-bond donors (Lipinski definition) is 2. The molecule has 0 radical (unpaired) electrons. The second kappa shape index (κ2) is 5.50. The highest BCUT2D eigenvalue weighted by Gasteiger charge is 2.17. The normalized spacial score (nSPS) is 14.5. The summed E-state index contributed by atoms with van der Waals surface area (Å²) >= 11 is 0. The number of hydrazine groups is 1. The predicted molar refractivity (Wildman–Crippen MR) is 74.3 cm³/mol. The van der Waals surface area contributed by atoms with Crippen LogP contribution in [-0.2, 0) is 12.8 Å². The summed E-state index contributed by atoms with van der Waals surface area (Å²) in [4.78, 5) is 13.0. The van der Waals surface area contributed by atoms with Gasteiger partial charge in [0.2, 0.25) is 0 Å². The molecule has 2 aromatic heterocycles. The molecule has 0 bridgehead atoms. The van der Waals surface area contributed by atoms with Crippen LogP contribution in [0.15, 0.2) is 18.3 Å². The first-order valence-electron chi connectivity index (χ1n) is 6.76. The minimum absolute atomic E-state index is 0.374. The van der Waals surface area contributed by atoms with Gasteiger partial charge >= 0.3 is 0 Å². The van der Waals surface area contributed by atoms with E-state index in [-0.39, 0.29) is 5.82 Å². The van der Waals surface area contributed by atoms with E-state index in [1.807, 2.05) is 0 Å². The van der Waals surface area contributed by atoms with E-state index in [1.54, 1.807) is 6.07 Å². The molecule has 3 rings (SSSR count). The van der Waals surface area contributed by atoms with E-state index < -0.39 is 0 Å². The molecule has 6 heteroatoms. The number of pyridine rings is 1. The molecule has 5 nitrogen and oxygen atoms in total. The van der Waals surface area contributed by atoms with E-state index in [0.717, 1.165) is 36.9 Å². The largest absolute Gasteiger partial charge is 0.308 e. The molecular weight excluding hydrogens is 257 g/mol. The number of nitrogen functional groups attached to an aromatic ring is 1. The Morgan fingerprint density at radius 2 is 1.95 bits per heavy atom. The Bertz CT molecular complexity index is 612. The van der Waals surface area contributed by atoms with Crippen molar-refractivity contribution in [1.82, 2.24) is 15.0 Å². The summed E-state index contributed by atoms with van der Waals surface area (Å²) < 4.78 is 12.9. The molecule has 2 heterocycles. The van der Waals surface area contributed by atoms with Crippen LogP contribution in [0.2, 0.25) is 0 Å². The van der Waals surface area contributed by atoms with Crippen LogP contribution in [0, 0.1) is 5.82 Å². The van der Waals surface area contributed by atoms with Crippen molar-refractivity contribution in [1.29, 1.82) is 0 Å². The fourth-order valence-electron chi connectivity index (χ4n) is 2.51. The van der Waals surface area contributed by atoms with Gasteiger partial charge in [-0.2, -0.15) is 0 Å². The van der Waals surface area contributed by atoms with Crippen LogP contribution in [0.25, 0.3) is 11.5 Å². The maximum absolute atomic E-state index is 12.9. The van der Waals surface area contributed by atoms with E-state index in [1.165, 1.54) is 18.7 Å². The molecule has 2 aromatic rings. The standard InChI is InChI=1S/C14H16FN5/c15-9-6-7-12(17-8-9)14-18-11-5-3-1-2-4-10(11)13(19-14)20-16/h6-8H,1-5,16H2,(H,18,19,20). The van der Waals surface area contributed by atoms with Gasteiger partial charge in [-0.3, -0.25) is 0 Å². The van der Waals surface area contributed by atoms with Gasteiger partial charge in [-0.05, 0) is 37.8 Å². The Morgan fingerprint density at radius 1 is 1.10 bits per heavy atom. The summed E-state index contributed by atoms with van der Waals surface area (Å²) in [7, 11) is 0. The molecular formula is C14H16FN5. The Hall–Kier alpha value is -2.08. The van der Waals surface area contributed by atoms with E-state index in [0.29, 0.717) is 17.3 Å². The zero-order chi connectivity index (χ0) is 13.9. The zero-order valence-corrected chi connectivity index (χ0v) is 11.1. The maximum Gasteiger partial charge on any atom is 0.180 e. The molecule has 1 aliphatic rings. The van der Waals surface area contributed by atoms with Crippen LogP contribution < -0.4 is 11.3 Å². The third-order valence-electron chi connectivity index (χ3n) is 3.53. The minimum Gasteiger partial charge on any atom is -0.308 e. The number of aromatic nitrogens is 3. The molecule has 0 amide bonds. The van der Waals surface area contributed by atoms with Gasteiger partial charge in [-0.15, -0.1) is 0 Å². The minimum atomic E-state index is -0.374. The van der Waals surface area contributed by atoms with E-state index in [9.17, 15) is 4.39 Å². The van der Waals surface area contributed by atoms with Gasteiger partial charge in [0, 0.05) is 11.3 Å². The second-order valence-corrected chi connectivity index (χ2v) is 4.89. The number of nitrogens with one attached hydrogen (secondary N) is 1. The lowest BCUT2D eigenvalue weighted by Crippen LogP contribution is -2.14. The molecule has 0 spiro atoms. The summed E-state index contributed by atoms with van der Waals surface area (Å²) in [6, 6.07) is 2.93. The van der Waals surface area contributed by atoms with Gasteiger partial charge in [-0.1, -0.05) is 6.42 Å².